The quantitative estimate of drug-likeness (QED) is 0.544. The van der Waals surface area contributed by atoms with E-state index in [1.807, 2.05) is 42.2 Å². The zero-order valence-corrected chi connectivity index (χ0v) is 11.5. The van der Waals surface area contributed by atoms with Gasteiger partial charge in [-0.05, 0) is 42.5 Å². The first kappa shape index (κ1) is 13.1. The van der Waals surface area contributed by atoms with E-state index in [1.165, 1.54) is 6.08 Å². The maximum atomic E-state index is 12.1. The highest BCUT2D eigenvalue weighted by Crippen LogP contribution is 2.10. The summed E-state index contributed by atoms with van der Waals surface area (Å²) in [5.74, 6) is -0.0437. The van der Waals surface area contributed by atoms with Gasteiger partial charge in [-0.3, -0.25) is 9.48 Å². The summed E-state index contributed by atoms with van der Waals surface area (Å²) < 4.78 is 3.59. The molecule has 104 valence electrons. The number of imidazole rings is 1. The number of benzene rings is 1. The summed E-state index contributed by atoms with van der Waals surface area (Å²) in [6.07, 6.45) is 10.4. The van der Waals surface area contributed by atoms with E-state index < -0.39 is 0 Å². The Morgan fingerprint density at radius 3 is 2.57 bits per heavy atom. The highest BCUT2D eigenvalue weighted by atomic mass is 16.1. The first-order chi connectivity index (χ1) is 10.2. The Morgan fingerprint density at radius 2 is 1.95 bits per heavy atom. The first-order valence-corrected chi connectivity index (χ1v) is 6.53. The molecule has 3 aromatic rings. The molecule has 0 N–H and O–H groups in total. The Kier molecular flexibility index (Phi) is 3.47. The van der Waals surface area contributed by atoms with Crippen LogP contribution in [0.2, 0.25) is 0 Å². The fourth-order valence-corrected chi connectivity index (χ4v) is 1.99. The third-order valence-electron chi connectivity index (χ3n) is 3.09. The third-order valence-corrected chi connectivity index (χ3v) is 3.09. The second kappa shape index (κ2) is 5.58. The summed E-state index contributed by atoms with van der Waals surface area (Å²) >= 11 is 0. The topological polar surface area (TPSA) is 52.7 Å². The van der Waals surface area contributed by atoms with Gasteiger partial charge in [-0.25, -0.2) is 4.98 Å². The summed E-state index contributed by atoms with van der Waals surface area (Å²) in [4.78, 5) is 16.1. The number of ketones is 1. The SMILES string of the molecule is Cn1ccc(/C=C/C(=O)c2ccc(-n3ccnc3)cc2)n1. The minimum absolute atomic E-state index is 0.0437. The summed E-state index contributed by atoms with van der Waals surface area (Å²) in [5.41, 5.74) is 2.38. The van der Waals surface area contributed by atoms with E-state index in [-0.39, 0.29) is 5.78 Å². The molecule has 3 rings (SSSR count). The number of hydrogen-bond donors (Lipinski definition) is 0. The van der Waals surface area contributed by atoms with Crippen LogP contribution in [-0.4, -0.2) is 25.1 Å². The molecule has 5 heteroatoms. The zero-order chi connectivity index (χ0) is 14.7. The molecule has 0 bridgehead atoms. The van der Waals surface area contributed by atoms with Gasteiger partial charge in [0, 0.05) is 36.9 Å². The first-order valence-electron chi connectivity index (χ1n) is 6.53. The molecule has 0 fully saturated rings. The highest BCUT2D eigenvalue weighted by molar-refractivity contribution is 6.06. The van der Waals surface area contributed by atoms with Gasteiger partial charge < -0.3 is 4.57 Å². The van der Waals surface area contributed by atoms with Gasteiger partial charge in [0.1, 0.15) is 0 Å². The van der Waals surface area contributed by atoms with Crippen LogP contribution in [0.5, 0.6) is 0 Å². The highest BCUT2D eigenvalue weighted by Gasteiger charge is 2.03. The molecule has 0 aliphatic carbocycles. The molecule has 1 aromatic carbocycles. The minimum atomic E-state index is -0.0437. The van der Waals surface area contributed by atoms with Crippen LogP contribution in [-0.2, 0) is 7.05 Å². The van der Waals surface area contributed by atoms with Crippen molar-refractivity contribution >= 4 is 11.9 Å². The molecule has 2 aromatic heterocycles. The molecular formula is C16H14N4O. The Labute approximate surface area is 122 Å². The summed E-state index contributed by atoms with van der Waals surface area (Å²) in [7, 11) is 1.84. The summed E-state index contributed by atoms with van der Waals surface area (Å²) in [6.45, 7) is 0. The number of allylic oxidation sites excluding steroid dienone is 1. The van der Waals surface area contributed by atoms with Crippen molar-refractivity contribution < 1.29 is 4.79 Å². The molecule has 0 aliphatic heterocycles. The normalized spacial score (nSPS) is 11.1. The molecule has 0 unspecified atom stereocenters. The lowest BCUT2D eigenvalue weighted by Gasteiger charge is -2.02. The number of nitrogens with zero attached hydrogens (tertiary/aromatic N) is 4. The minimum Gasteiger partial charge on any atom is -0.306 e. The Morgan fingerprint density at radius 1 is 1.14 bits per heavy atom. The number of hydrogen-bond acceptors (Lipinski definition) is 3. The van der Waals surface area contributed by atoms with Crippen molar-refractivity contribution in [2.75, 3.05) is 0 Å². The van der Waals surface area contributed by atoms with E-state index >= 15 is 0 Å². The van der Waals surface area contributed by atoms with Crippen LogP contribution < -0.4 is 0 Å². The van der Waals surface area contributed by atoms with Gasteiger partial charge in [0.15, 0.2) is 5.78 Å². The van der Waals surface area contributed by atoms with E-state index in [0.29, 0.717) is 5.56 Å². The second-order valence-electron chi connectivity index (χ2n) is 4.63. The predicted molar refractivity (Wildman–Crippen MR) is 80.1 cm³/mol. The van der Waals surface area contributed by atoms with Crippen LogP contribution in [0, 0.1) is 0 Å². The van der Waals surface area contributed by atoms with E-state index in [9.17, 15) is 4.79 Å². The summed E-state index contributed by atoms with van der Waals surface area (Å²) in [5, 5.41) is 4.19. The van der Waals surface area contributed by atoms with Crippen molar-refractivity contribution in [3.8, 4) is 5.69 Å². The van der Waals surface area contributed by atoms with Gasteiger partial charge in [-0.1, -0.05) is 0 Å². The fraction of sp³-hybridized carbons (Fsp3) is 0.0625. The van der Waals surface area contributed by atoms with Crippen LogP contribution in [0.1, 0.15) is 16.1 Å². The number of carbonyl (C=O) groups excluding carboxylic acids is 1. The molecule has 0 aliphatic rings. The van der Waals surface area contributed by atoms with Crippen molar-refractivity contribution in [2.24, 2.45) is 7.05 Å². The average Bonchev–Trinajstić information content (AvgIpc) is 3.16. The van der Waals surface area contributed by atoms with E-state index in [4.69, 9.17) is 0 Å². The molecule has 0 atom stereocenters. The largest absolute Gasteiger partial charge is 0.306 e. The smallest absolute Gasteiger partial charge is 0.185 e. The van der Waals surface area contributed by atoms with Gasteiger partial charge >= 0.3 is 0 Å². The van der Waals surface area contributed by atoms with Gasteiger partial charge in [0.2, 0.25) is 0 Å². The Bertz CT molecular complexity index is 767. The average molecular weight is 278 g/mol. The number of aromatic nitrogens is 4. The number of carbonyl (C=O) groups is 1. The van der Waals surface area contributed by atoms with E-state index in [2.05, 4.69) is 10.1 Å². The maximum absolute atomic E-state index is 12.1. The molecular weight excluding hydrogens is 264 g/mol. The molecule has 0 saturated heterocycles. The molecule has 21 heavy (non-hydrogen) atoms. The van der Waals surface area contributed by atoms with Gasteiger partial charge in [-0.2, -0.15) is 5.10 Å². The number of rotatable bonds is 4. The lowest BCUT2D eigenvalue weighted by Crippen LogP contribution is -1.96. The van der Waals surface area contributed by atoms with Crippen molar-refractivity contribution in [2.45, 2.75) is 0 Å². The van der Waals surface area contributed by atoms with Crippen LogP contribution >= 0.6 is 0 Å². The van der Waals surface area contributed by atoms with Gasteiger partial charge in [0.05, 0.1) is 12.0 Å². The predicted octanol–water partition coefficient (Wildman–Crippen LogP) is 2.50. The van der Waals surface area contributed by atoms with E-state index in [1.54, 1.807) is 35.4 Å². The fourth-order valence-electron chi connectivity index (χ4n) is 1.99. The zero-order valence-electron chi connectivity index (χ0n) is 11.5. The van der Waals surface area contributed by atoms with Gasteiger partial charge in [-0.15, -0.1) is 0 Å². The molecule has 5 nitrogen and oxygen atoms in total. The van der Waals surface area contributed by atoms with Crippen LogP contribution in [0.3, 0.4) is 0 Å². The van der Waals surface area contributed by atoms with Crippen LogP contribution in [0.25, 0.3) is 11.8 Å². The van der Waals surface area contributed by atoms with E-state index in [0.717, 1.165) is 11.4 Å². The lowest BCUT2D eigenvalue weighted by molar-refractivity contribution is 0.104. The van der Waals surface area contributed by atoms with Crippen molar-refractivity contribution in [3.05, 3.63) is 72.6 Å². The maximum Gasteiger partial charge on any atom is 0.185 e. The molecule has 0 spiro atoms. The van der Waals surface area contributed by atoms with Crippen molar-refractivity contribution in [3.63, 3.8) is 0 Å². The van der Waals surface area contributed by atoms with Crippen LogP contribution in [0.15, 0.2) is 61.3 Å². The summed E-state index contributed by atoms with van der Waals surface area (Å²) in [6, 6.07) is 9.25. The Balaban J connectivity index is 1.74. The van der Waals surface area contributed by atoms with Gasteiger partial charge in [0.25, 0.3) is 0 Å². The monoisotopic (exact) mass is 278 g/mol. The number of aryl methyl sites for hydroxylation is 1. The molecule has 0 saturated carbocycles. The third kappa shape index (κ3) is 2.97. The molecule has 0 radical (unpaired) electrons. The Hall–Kier alpha value is -2.95. The van der Waals surface area contributed by atoms with Crippen LogP contribution in [0.4, 0.5) is 0 Å². The standard InChI is InChI=1S/C16H14N4O/c1-19-10-8-14(18-19)4-7-16(21)13-2-5-15(6-3-13)20-11-9-17-12-20/h2-12H,1H3/b7-4+. The second-order valence-corrected chi connectivity index (χ2v) is 4.63. The molecule has 0 amide bonds. The molecule has 2 heterocycles. The lowest BCUT2D eigenvalue weighted by atomic mass is 10.1. The van der Waals surface area contributed by atoms with Crippen molar-refractivity contribution in [1.29, 1.82) is 0 Å². The van der Waals surface area contributed by atoms with Crippen molar-refractivity contribution in [1.82, 2.24) is 19.3 Å².